The third kappa shape index (κ3) is 2.64. The lowest BCUT2D eigenvalue weighted by Crippen LogP contribution is -2.14. The van der Waals surface area contributed by atoms with Gasteiger partial charge in [-0.3, -0.25) is 4.79 Å². The van der Waals surface area contributed by atoms with Crippen molar-refractivity contribution in [3.05, 3.63) is 57.9 Å². The Morgan fingerprint density at radius 1 is 1.00 bits per heavy atom. The highest BCUT2D eigenvalue weighted by Crippen LogP contribution is 2.31. The van der Waals surface area contributed by atoms with E-state index in [9.17, 15) is 26.7 Å². The Hall–Kier alpha value is -2.18. The Labute approximate surface area is 103 Å². The van der Waals surface area contributed by atoms with E-state index >= 15 is 0 Å². The van der Waals surface area contributed by atoms with Gasteiger partial charge in [0, 0.05) is 6.07 Å². The molecule has 0 unspecified atom stereocenters. The van der Waals surface area contributed by atoms with Crippen LogP contribution in [0.5, 0.6) is 0 Å². The lowest BCUT2D eigenvalue weighted by atomic mass is 10.1. The van der Waals surface area contributed by atoms with E-state index in [1.165, 1.54) is 0 Å². The lowest BCUT2D eigenvalue weighted by molar-refractivity contribution is -0.137. The molecule has 0 saturated heterocycles. The first-order valence-electron chi connectivity index (χ1n) is 5.05. The number of pyridine rings is 1. The van der Waals surface area contributed by atoms with Crippen LogP contribution in [0.4, 0.5) is 22.0 Å². The maximum atomic E-state index is 13.5. The molecule has 2 nitrogen and oxygen atoms in total. The third-order valence-electron chi connectivity index (χ3n) is 2.40. The minimum atomic E-state index is -4.77. The third-order valence-corrected chi connectivity index (χ3v) is 2.40. The predicted molar refractivity (Wildman–Crippen MR) is 57.4 cm³/mol. The first-order chi connectivity index (χ1) is 8.79. The van der Waals surface area contributed by atoms with Gasteiger partial charge in [0.05, 0.1) is 16.8 Å². The van der Waals surface area contributed by atoms with Crippen LogP contribution in [0, 0.1) is 11.6 Å². The van der Waals surface area contributed by atoms with Crippen molar-refractivity contribution in [2.24, 2.45) is 0 Å². The molecule has 0 fully saturated rings. The van der Waals surface area contributed by atoms with Gasteiger partial charge in [-0.2, -0.15) is 13.2 Å². The summed E-state index contributed by atoms with van der Waals surface area (Å²) >= 11 is 0. The lowest BCUT2D eigenvalue weighted by Gasteiger charge is -2.09. The van der Waals surface area contributed by atoms with Crippen LogP contribution in [0.2, 0.25) is 0 Å². The number of aromatic amines is 1. The number of hydrogen-bond acceptors (Lipinski definition) is 1. The average Bonchev–Trinajstić information content (AvgIpc) is 2.26. The van der Waals surface area contributed by atoms with Crippen molar-refractivity contribution in [3.8, 4) is 11.3 Å². The van der Waals surface area contributed by atoms with Crippen LogP contribution in [-0.2, 0) is 6.18 Å². The van der Waals surface area contributed by atoms with Crippen LogP contribution >= 0.6 is 0 Å². The fourth-order valence-corrected chi connectivity index (χ4v) is 1.60. The van der Waals surface area contributed by atoms with Gasteiger partial charge in [-0.25, -0.2) is 8.78 Å². The highest BCUT2D eigenvalue weighted by Gasteiger charge is 2.31. The molecule has 2 rings (SSSR count). The summed E-state index contributed by atoms with van der Waals surface area (Å²) in [4.78, 5) is 13.1. The maximum absolute atomic E-state index is 13.5. The quantitative estimate of drug-likeness (QED) is 0.795. The molecule has 1 N–H and O–H groups in total. The van der Waals surface area contributed by atoms with Crippen molar-refractivity contribution >= 4 is 0 Å². The van der Waals surface area contributed by atoms with E-state index in [0.717, 1.165) is 18.2 Å². The monoisotopic (exact) mass is 275 g/mol. The van der Waals surface area contributed by atoms with Crippen molar-refractivity contribution < 1.29 is 22.0 Å². The van der Waals surface area contributed by atoms with E-state index in [1.807, 2.05) is 4.98 Å². The molecule has 100 valence electrons. The van der Waals surface area contributed by atoms with E-state index in [2.05, 4.69) is 0 Å². The molecule has 7 heteroatoms. The van der Waals surface area contributed by atoms with Crippen LogP contribution in [0.3, 0.4) is 0 Å². The van der Waals surface area contributed by atoms with E-state index in [1.54, 1.807) is 0 Å². The Morgan fingerprint density at radius 3 is 2.11 bits per heavy atom. The summed E-state index contributed by atoms with van der Waals surface area (Å²) in [7, 11) is 0. The van der Waals surface area contributed by atoms with Crippen molar-refractivity contribution in [2.75, 3.05) is 0 Å². The Kier molecular flexibility index (Phi) is 3.13. The molecule has 0 aliphatic rings. The maximum Gasteiger partial charge on any atom is 0.416 e. The summed E-state index contributed by atoms with van der Waals surface area (Å²) in [6, 6.07) is 3.65. The molecule has 2 aromatic rings. The topological polar surface area (TPSA) is 32.9 Å². The van der Waals surface area contributed by atoms with Crippen molar-refractivity contribution in [2.45, 2.75) is 6.18 Å². The second-order valence-corrected chi connectivity index (χ2v) is 3.74. The molecule has 0 aliphatic carbocycles. The minimum Gasteiger partial charge on any atom is -0.322 e. The number of halogens is 5. The molecule has 0 radical (unpaired) electrons. The summed E-state index contributed by atoms with van der Waals surface area (Å²) in [5.41, 5.74) is -3.62. The van der Waals surface area contributed by atoms with Gasteiger partial charge in [0.2, 0.25) is 5.56 Å². The molecule has 0 saturated carbocycles. The van der Waals surface area contributed by atoms with E-state index in [4.69, 9.17) is 0 Å². The van der Waals surface area contributed by atoms with Crippen LogP contribution < -0.4 is 5.56 Å². The number of alkyl halides is 3. The normalized spacial score (nSPS) is 11.6. The molecule has 0 amide bonds. The Bertz CT molecular complexity index is 654. The van der Waals surface area contributed by atoms with Gasteiger partial charge in [0.25, 0.3) is 0 Å². The largest absolute Gasteiger partial charge is 0.416 e. The molecule has 1 heterocycles. The Balaban J connectivity index is 2.70. The number of hydrogen-bond donors (Lipinski definition) is 1. The van der Waals surface area contributed by atoms with E-state index < -0.39 is 40.2 Å². The second kappa shape index (κ2) is 4.49. The first-order valence-corrected chi connectivity index (χ1v) is 5.05. The molecule has 1 aromatic carbocycles. The highest BCUT2D eigenvalue weighted by molar-refractivity contribution is 5.61. The summed E-state index contributed by atoms with van der Waals surface area (Å²) < 4.78 is 64.5. The number of aromatic nitrogens is 1. The van der Waals surface area contributed by atoms with Gasteiger partial charge >= 0.3 is 6.18 Å². The minimum absolute atomic E-state index is 0.322. The fourth-order valence-electron chi connectivity index (χ4n) is 1.60. The van der Waals surface area contributed by atoms with Gasteiger partial charge in [0.15, 0.2) is 0 Å². The zero-order valence-corrected chi connectivity index (χ0v) is 9.18. The van der Waals surface area contributed by atoms with Crippen LogP contribution in [0.1, 0.15) is 5.56 Å². The fraction of sp³-hybridized carbons (Fsp3) is 0.0833. The molecule has 0 aliphatic heterocycles. The molecule has 0 bridgehead atoms. The highest BCUT2D eigenvalue weighted by atomic mass is 19.4. The van der Waals surface area contributed by atoms with Gasteiger partial charge in [-0.15, -0.1) is 0 Å². The van der Waals surface area contributed by atoms with Gasteiger partial charge < -0.3 is 4.98 Å². The van der Waals surface area contributed by atoms with Crippen molar-refractivity contribution in [1.29, 1.82) is 0 Å². The summed E-state index contributed by atoms with van der Waals surface area (Å²) in [6.45, 7) is 0. The zero-order valence-electron chi connectivity index (χ0n) is 9.18. The first kappa shape index (κ1) is 13.3. The van der Waals surface area contributed by atoms with E-state index in [0.29, 0.717) is 12.1 Å². The second-order valence-electron chi connectivity index (χ2n) is 3.74. The smallest absolute Gasteiger partial charge is 0.322 e. The van der Waals surface area contributed by atoms with Gasteiger partial charge in [-0.1, -0.05) is 6.07 Å². The van der Waals surface area contributed by atoms with Gasteiger partial charge in [0.1, 0.15) is 11.6 Å². The van der Waals surface area contributed by atoms with Crippen LogP contribution in [0.25, 0.3) is 11.3 Å². The summed E-state index contributed by atoms with van der Waals surface area (Å²) in [5, 5.41) is 0. The van der Waals surface area contributed by atoms with Crippen LogP contribution in [0.15, 0.2) is 35.1 Å². The number of H-pyrrole nitrogens is 1. The van der Waals surface area contributed by atoms with Crippen LogP contribution in [-0.4, -0.2) is 4.98 Å². The predicted octanol–water partition coefficient (Wildman–Crippen LogP) is 3.34. The van der Waals surface area contributed by atoms with E-state index in [-0.39, 0.29) is 0 Å². The molecular weight excluding hydrogens is 269 g/mol. The number of nitrogens with one attached hydrogen (secondary N) is 1. The summed E-state index contributed by atoms with van der Waals surface area (Å²) in [5.74, 6) is -2.12. The molecule has 0 spiro atoms. The average molecular weight is 275 g/mol. The standard InChI is InChI=1S/C12H6F5NO/c13-7-2-1-3-8(14)11(7)9-4-6(12(15,16)17)5-10(19)18-9/h1-5H,(H,18,19). The number of rotatable bonds is 1. The molecular formula is C12H6F5NO. The number of benzene rings is 1. The molecule has 0 atom stereocenters. The molecule has 1 aromatic heterocycles. The van der Waals surface area contributed by atoms with Crippen molar-refractivity contribution in [1.82, 2.24) is 4.98 Å². The van der Waals surface area contributed by atoms with Crippen molar-refractivity contribution in [3.63, 3.8) is 0 Å². The zero-order chi connectivity index (χ0) is 14.2. The summed E-state index contributed by atoms with van der Waals surface area (Å²) in [6.07, 6.45) is -4.77. The molecule has 19 heavy (non-hydrogen) atoms. The van der Waals surface area contributed by atoms with Gasteiger partial charge in [-0.05, 0) is 18.2 Å². The SMILES string of the molecule is O=c1cc(C(F)(F)F)cc(-c2c(F)cccc2F)[nH]1. The Morgan fingerprint density at radius 2 is 1.58 bits per heavy atom.